The lowest BCUT2D eigenvalue weighted by atomic mass is 9.84. The monoisotopic (exact) mass is 326 g/mol. The Labute approximate surface area is 121 Å². The molecule has 5 heteroatoms. The first-order chi connectivity index (χ1) is 9.10. The summed E-state index contributed by atoms with van der Waals surface area (Å²) in [7, 11) is 0. The van der Waals surface area contributed by atoms with Crippen molar-refractivity contribution in [2.45, 2.75) is 45.1 Å². The molecule has 0 bridgehead atoms. The number of anilines is 1. The summed E-state index contributed by atoms with van der Waals surface area (Å²) < 4.78 is 0.686. The molecule has 1 saturated carbocycles. The lowest BCUT2D eigenvalue weighted by Crippen LogP contribution is -2.28. The molecular formula is C14H19BrN2O2. The fourth-order valence-electron chi connectivity index (χ4n) is 2.70. The summed E-state index contributed by atoms with van der Waals surface area (Å²) in [5.41, 5.74) is 0.230. The summed E-state index contributed by atoms with van der Waals surface area (Å²) in [5.74, 6) is 0.284. The van der Waals surface area contributed by atoms with Crippen LogP contribution >= 0.6 is 15.9 Å². The molecule has 1 fully saturated rings. The Kier molecular flexibility index (Phi) is 4.80. The summed E-state index contributed by atoms with van der Waals surface area (Å²) in [6, 6.07) is 1.93. The number of rotatable bonds is 4. The van der Waals surface area contributed by atoms with Gasteiger partial charge < -0.3 is 10.4 Å². The number of carbonyl (C=O) groups is 1. The molecule has 0 aliphatic heterocycles. The number of hydrogen-bond acceptors (Lipinski definition) is 3. The Morgan fingerprint density at radius 3 is 3.05 bits per heavy atom. The first-order valence-electron chi connectivity index (χ1n) is 6.75. The minimum absolute atomic E-state index is 0.230. The van der Waals surface area contributed by atoms with E-state index in [1.807, 2.05) is 0 Å². The molecule has 104 valence electrons. The summed E-state index contributed by atoms with van der Waals surface area (Å²) >= 11 is 3.26. The lowest BCUT2D eigenvalue weighted by molar-refractivity contribution is 0.0697. The van der Waals surface area contributed by atoms with Gasteiger partial charge in [-0.1, -0.05) is 26.2 Å². The molecule has 4 nitrogen and oxygen atoms in total. The van der Waals surface area contributed by atoms with E-state index in [4.69, 9.17) is 0 Å². The van der Waals surface area contributed by atoms with Crippen molar-refractivity contribution in [3.63, 3.8) is 0 Å². The van der Waals surface area contributed by atoms with Crippen LogP contribution in [0.1, 0.15) is 49.4 Å². The zero-order valence-electron chi connectivity index (χ0n) is 11.0. The molecule has 1 heterocycles. The van der Waals surface area contributed by atoms with Crippen LogP contribution in [-0.4, -0.2) is 22.1 Å². The molecule has 2 rings (SSSR count). The van der Waals surface area contributed by atoms with E-state index in [1.165, 1.54) is 19.3 Å². The molecule has 0 saturated heterocycles. The van der Waals surface area contributed by atoms with Crippen molar-refractivity contribution in [2.75, 3.05) is 5.32 Å². The number of halogens is 1. The van der Waals surface area contributed by atoms with Gasteiger partial charge in [-0.05, 0) is 40.8 Å². The average molecular weight is 327 g/mol. The second kappa shape index (κ2) is 6.37. The third-order valence-electron chi connectivity index (χ3n) is 3.79. The first kappa shape index (κ1) is 14.3. The third-order valence-corrected chi connectivity index (χ3v) is 4.22. The minimum Gasteiger partial charge on any atom is -0.478 e. The number of nitrogens with zero attached hydrogens (tertiary/aromatic N) is 1. The largest absolute Gasteiger partial charge is 0.478 e. The SMILES string of the molecule is CCC1CCCC(Nc2ncc(Br)cc2C(=O)O)C1. The van der Waals surface area contributed by atoms with Gasteiger partial charge in [-0.25, -0.2) is 9.78 Å². The van der Waals surface area contributed by atoms with Crippen LogP contribution in [0.25, 0.3) is 0 Å². The van der Waals surface area contributed by atoms with E-state index in [1.54, 1.807) is 12.3 Å². The predicted molar refractivity (Wildman–Crippen MR) is 78.6 cm³/mol. The highest BCUT2D eigenvalue weighted by Gasteiger charge is 2.22. The van der Waals surface area contributed by atoms with Crippen LogP contribution in [0.15, 0.2) is 16.7 Å². The van der Waals surface area contributed by atoms with Crippen molar-refractivity contribution in [3.8, 4) is 0 Å². The van der Waals surface area contributed by atoms with Gasteiger partial charge in [0.15, 0.2) is 0 Å². The maximum absolute atomic E-state index is 11.2. The third kappa shape index (κ3) is 3.69. The van der Waals surface area contributed by atoms with Crippen LogP contribution < -0.4 is 5.32 Å². The Morgan fingerprint density at radius 1 is 1.58 bits per heavy atom. The van der Waals surface area contributed by atoms with Crippen LogP contribution in [0.4, 0.5) is 5.82 Å². The van der Waals surface area contributed by atoms with Gasteiger partial charge in [-0.2, -0.15) is 0 Å². The van der Waals surface area contributed by atoms with Crippen molar-refractivity contribution in [2.24, 2.45) is 5.92 Å². The maximum atomic E-state index is 11.2. The highest BCUT2D eigenvalue weighted by atomic mass is 79.9. The fraction of sp³-hybridized carbons (Fsp3) is 0.571. The summed E-state index contributed by atoms with van der Waals surface area (Å²) in [6.07, 6.45) is 7.51. The van der Waals surface area contributed by atoms with E-state index in [2.05, 4.69) is 33.2 Å². The van der Waals surface area contributed by atoms with Crippen LogP contribution in [0, 0.1) is 5.92 Å². The van der Waals surface area contributed by atoms with E-state index in [-0.39, 0.29) is 5.56 Å². The molecule has 0 aromatic carbocycles. The molecule has 19 heavy (non-hydrogen) atoms. The fourth-order valence-corrected chi connectivity index (χ4v) is 3.03. The van der Waals surface area contributed by atoms with Crippen LogP contribution in [0.5, 0.6) is 0 Å². The van der Waals surface area contributed by atoms with Gasteiger partial charge in [0.05, 0.1) is 0 Å². The number of carboxylic acids is 1. The standard InChI is InChI=1S/C14H19BrN2O2/c1-2-9-4-3-5-11(6-9)17-13-12(14(18)19)7-10(15)8-16-13/h7-9,11H,2-6H2,1H3,(H,16,17)(H,18,19). The zero-order chi connectivity index (χ0) is 13.8. The van der Waals surface area contributed by atoms with E-state index in [0.29, 0.717) is 16.3 Å². The normalized spacial score (nSPS) is 23.1. The zero-order valence-corrected chi connectivity index (χ0v) is 12.6. The minimum atomic E-state index is -0.945. The van der Waals surface area contributed by atoms with Gasteiger partial charge in [-0.15, -0.1) is 0 Å². The molecule has 2 atom stereocenters. The van der Waals surface area contributed by atoms with E-state index in [0.717, 1.165) is 18.8 Å². The Hall–Kier alpha value is -1.10. The van der Waals surface area contributed by atoms with Gasteiger partial charge in [0.1, 0.15) is 11.4 Å². The molecule has 0 amide bonds. The smallest absolute Gasteiger partial charge is 0.339 e. The van der Waals surface area contributed by atoms with Crippen molar-refractivity contribution in [1.29, 1.82) is 0 Å². The Balaban J connectivity index is 2.12. The van der Waals surface area contributed by atoms with Crippen molar-refractivity contribution in [3.05, 3.63) is 22.3 Å². The second-order valence-electron chi connectivity index (χ2n) is 5.14. The number of pyridine rings is 1. The molecule has 0 radical (unpaired) electrons. The van der Waals surface area contributed by atoms with Gasteiger partial charge in [0, 0.05) is 16.7 Å². The summed E-state index contributed by atoms with van der Waals surface area (Å²) in [6.45, 7) is 2.22. The van der Waals surface area contributed by atoms with Crippen molar-refractivity contribution >= 4 is 27.7 Å². The molecule has 2 N–H and O–H groups in total. The van der Waals surface area contributed by atoms with Crippen LogP contribution in [-0.2, 0) is 0 Å². The van der Waals surface area contributed by atoms with Crippen LogP contribution in [0.3, 0.4) is 0 Å². The summed E-state index contributed by atoms with van der Waals surface area (Å²) in [5, 5.41) is 12.5. The molecule has 1 aromatic rings. The average Bonchev–Trinajstić information content (AvgIpc) is 2.41. The van der Waals surface area contributed by atoms with Crippen LogP contribution in [0.2, 0.25) is 0 Å². The molecular weight excluding hydrogens is 308 g/mol. The second-order valence-corrected chi connectivity index (χ2v) is 6.05. The van der Waals surface area contributed by atoms with E-state index >= 15 is 0 Å². The molecule has 1 aliphatic rings. The lowest BCUT2D eigenvalue weighted by Gasteiger charge is -2.29. The van der Waals surface area contributed by atoms with Crippen molar-refractivity contribution < 1.29 is 9.90 Å². The number of aromatic nitrogens is 1. The quantitative estimate of drug-likeness (QED) is 0.880. The van der Waals surface area contributed by atoms with Gasteiger partial charge >= 0.3 is 5.97 Å². The number of nitrogens with one attached hydrogen (secondary N) is 1. The predicted octanol–water partition coefficient (Wildman–Crippen LogP) is 3.92. The summed E-state index contributed by atoms with van der Waals surface area (Å²) in [4.78, 5) is 15.4. The van der Waals surface area contributed by atoms with Crippen molar-refractivity contribution in [1.82, 2.24) is 4.98 Å². The topological polar surface area (TPSA) is 62.2 Å². The van der Waals surface area contributed by atoms with Gasteiger partial charge in [-0.3, -0.25) is 0 Å². The van der Waals surface area contributed by atoms with E-state index < -0.39 is 5.97 Å². The maximum Gasteiger partial charge on any atom is 0.339 e. The number of aromatic carboxylic acids is 1. The Morgan fingerprint density at radius 2 is 2.37 bits per heavy atom. The highest BCUT2D eigenvalue weighted by molar-refractivity contribution is 9.10. The highest BCUT2D eigenvalue weighted by Crippen LogP contribution is 2.29. The van der Waals surface area contributed by atoms with E-state index in [9.17, 15) is 9.90 Å². The Bertz CT molecular complexity index is 465. The molecule has 1 aliphatic carbocycles. The molecule has 0 spiro atoms. The molecule has 1 aromatic heterocycles. The number of carboxylic acid groups (broad SMARTS) is 1. The first-order valence-corrected chi connectivity index (χ1v) is 7.54. The van der Waals surface area contributed by atoms with Gasteiger partial charge in [0.25, 0.3) is 0 Å². The molecule has 2 unspecified atom stereocenters. The van der Waals surface area contributed by atoms with Gasteiger partial charge in [0.2, 0.25) is 0 Å². The number of hydrogen-bond donors (Lipinski definition) is 2.